The van der Waals surface area contributed by atoms with Crippen LogP contribution in [0.1, 0.15) is 58.8 Å². The highest BCUT2D eigenvalue weighted by atomic mass is 19.1. The molecule has 0 spiro atoms. The van der Waals surface area contributed by atoms with Gasteiger partial charge in [0.1, 0.15) is 36.4 Å². The van der Waals surface area contributed by atoms with Crippen molar-refractivity contribution >= 4 is 36.1 Å². The quantitative estimate of drug-likeness (QED) is 0.650. The number of ether oxygens (including phenoxy) is 1. The van der Waals surface area contributed by atoms with Crippen molar-refractivity contribution in [2.75, 3.05) is 18.0 Å². The van der Waals surface area contributed by atoms with Gasteiger partial charge in [-0.15, -0.1) is 0 Å². The van der Waals surface area contributed by atoms with Gasteiger partial charge in [0, 0.05) is 18.5 Å². The van der Waals surface area contributed by atoms with Crippen LogP contribution in [0.3, 0.4) is 0 Å². The van der Waals surface area contributed by atoms with E-state index < -0.39 is 11.4 Å². The minimum atomic E-state index is -0.525. The van der Waals surface area contributed by atoms with Crippen molar-refractivity contribution in [1.29, 1.82) is 0 Å². The second kappa shape index (κ2) is 8.63. The van der Waals surface area contributed by atoms with Crippen LogP contribution in [0.15, 0.2) is 6.07 Å². The summed E-state index contributed by atoms with van der Waals surface area (Å²) in [5, 5.41) is 0.657. The van der Waals surface area contributed by atoms with Gasteiger partial charge in [0.15, 0.2) is 0 Å². The number of carbonyl (C=O) groups excluding carboxylic acids is 1. The van der Waals surface area contributed by atoms with E-state index >= 15 is 0 Å². The van der Waals surface area contributed by atoms with E-state index in [0.29, 0.717) is 35.7 Å². The Bertz CT molecular complexity index is 978. The summed E-state index contributed by atoms with van der Waals surface area (Å²) in [6.07, 6.45) is 1.58. The van der Waals surface area contributed by atoms with Crippen LogP contribution < -0.4 is 10.4 Å². The first kappa shape index (κ1) is 23.3. The summed E-state index contributed by atoms with van der Waals surface area (Å²) in [5.74, 6) is 0.703. The fraction of sp³-hybridized carbons (Fsp3) is 0.609. The molecule has 2 radical (unpaired) electrons. The van der Waals surface area contributed by atoms with E-state index in [4.69, 9.17) is 12.6 Å². The van der Waals surface area contributed by atoms with Gasteiger partial charge in [-0.25, -0.2) is 19.2 Å². The number of fused-ring (bicyclic) bond motifs is 3. The molecule has 1 aromatic heterocycles. The number of benzene rings is 1. The van der Waals surface area contributed by atoms with Crippen LogP contribution >= 0.6 is 0 Å². The number of aromatic nitrogens is 2. The molecule has 2 bridgehead atoms. The lowest BCUT2D eigenvalue weighted by Crippen LogP contribution is -2.57. The van der Waals surface area contributed by atoms with Gasteiger partial charge < -0.3 is 9.64 Å². The van der Waals surface area contributed by atoms with Crippen molar-refractivity contribution in [3.63, 3.8) is 0 Å². The van der Waals surface area contributed by atoms with Gasteiger partial charge in [-0.1, -0.05) is 24.9 Å². The number of hydrogen-bond donors (Lipinski definition) is 0. The summed E-state index contributed by atoms with van der Waals surface area (Å²) in [5.41, 5.74) is 0.510. The molecule has 3 heterocycles. The third kappa shape index (κ3) is 4.48. The van der Waals surface area contributed by atoms with E-state index in [-0.39, 0.29) is 29.2 Å². The minimum absolute atomic E-state index is 0.0497. The number of rotatable bonds is 1. The molecular weight excluding hydrogens is 394 g/mol. The molecule has 31 heavy (non-hydrogen) atoms. The summed E-state index contributed by atoms with van der Waals surface area (Å²) < 4.78 is 20.4. The Kier molecular flexibility index (Phi) is 6.49. The lowest BCUT2D eigenvalue weighted by atomic mass is 9.89. The van der Waals surface area contributed by atoms with Gasteiger partial charge >= 0.3 is 6.09 Å². The number of hydrogen-bond acceptors (Lipinski definition) is 5. The van der Waals surface area contributed by atoms with Crippen LogP contribution in [-0.4, -0.2) is 59.6 Å². The van der Waals surface area contributed by atoms with E-state index in [1.54, 1.807) is 13.8 Å². The van der Waals surface area contributed by atoms with E-state index in [1.807, 2.05) is 45.6 Å². The van der Waals surface area contributed by atoms with Crippen molar-refractivity contribution in [2.45, 2.75) is 79.0 Å². The normalized spacial score (nSPS) is 20.5. The fourth-order valence-electron chi connectivity index (χ4n) is 4.39. The van der Waals surface area contributed by atoms with Crippen LogP contribution in [0.5, 0.6) is 0 Å². The smallest absolute Gasteiger partial charge is 0.410 e. The Hall–Kier alpha value is -2.38. The monoisotopic (exact) mass is 426 g/mol. The highest BCUT2D eigenvalue weighted by Gasteiger charge is 2.45. The largest absolute Gasteiger partial charge is 0.444 e. The number of aryl methyl sites for hydroxylation is 2. The first-order valence-corrected chi connectivity index (χ1v) is 11.0. The lowest BCUT2D eigenvalue weighted by Gasteiger charge is -2.42. The van der Waals surface area contributed by atoms with E-state index in [2.05, 4.69) is 14.9 Å². The first-order valence-electron chi connectivity index (χ1n) is 11.0. The average molecular weight is 426 g/mol. The predicted molar refractivity (Wildman–Crippen MR) is 123 cm³/mol. The second-order valence-electron chi connectivity index (χ2n) is 9.09. The fourth-order valence-corrected chi connectivity index (χ4v) is 4.39. The highest BCUT2D eigenvalue weighted by molar-refractivity contribution is 6.34. The Balaban J connectivity index is 0.00000132. The molecule has 2 fully saturated rings. The van der Waals surface area contributed by atoms with Gasteiger partial charge in [-0.3, -0.25) is 4.90 Å². The zero-order valence-corrected chi connectivity index (χ0v) is 19.6. The molecule has 0 saturated carbocycles. The van der Waals surface area contributed by atoms with Gasteiger partial charge in [-0.05, 0) is 53.5 Å². The zero-order valence-electron chi connectivity index (χ0n) is 19.6. The molecule has 6 nitrogen and oxygen atoms in total. The Labute approximate surface area is 185 Å². The maximum atomic E-state index is 14.8. The third-order valence-corrected chi connectivity index (χ3v) is 5.65. The summed E-state index contributed by atoms with van der Waals surface area (Å²) >= 11 is 0. The predicted octanol–water partition coefficient (Wildman–Crippen LogP) is 3.79. The molecule has 1 amide bonds. The molecule has 8 heteroatoms. The molecule has 166 valence electrons. The number of amides is 1. The van der Waals surface area contributed by atoms with Crippen molar-refractivity contribution in [1.82, 2.24) is 14.9 Å². The standard InChI is InChI=1S/C21H26BFN4O2.C2H6/c1-11-8-15-18(17(23)16(11)22)24-12(2)25-19(15)26-9-13-6-7-14(10-26)27(13)20(28)29-21(3,4)5;1-2/h8,13-14H,6-7,9-10H2,1-5H3;1-2H3. The van der Waals surface area contributed by atoms with Crippen LogP contribution in [0.4, 0.5) is 15.0 Å². The average Bonchev–Trinajstić information content (AvgIpc) is 2.97. The van der Waals surface area contributed by atoms with Crippen molar-refractivity contribution in [2.24, 2.45) is 0 Å². The van der Waals surface area contributed by atoms with E-state index in [1.165, 1.54) is 0 Å². The number of nitrogens with zero attached hydrogens (tertiary/aromatic N) is 4. The zero-order chi connectivity index (χ0) is 23.1. The summed E-state index contributed by atoms with van der Waals surface area (Å²) in [4.78, 5) is 25.7. The molecule has 2 saturated heterocycles. The SMILES string of the molecule is CC.[B]c1c(C)cc2c(N3CC4CCC(C3)N4C(=O)OC(C)(C)C)nc(C)nc2c1F. The Morgan fingerprint density at radius 1 is 1.16 bits per heavy atom. The molecule has 1 aromatic carbocycles. The Morgan fingerprint density at radius 3 is 2.29 bits per heavy atom. The molecule has 0 N–H and O–H groups in total. The van der Waals surface area contributed by atoms with Crippen LogP contribution in [-0.2, 0) is 4.74 Å². The molecule has 4 rings (SSSR count). The van der Waals surface area contributed by atoms with Crippen LogP contribution in [0.2, 0.25) is 0 Å². The summed E-state index contributed by atoms with van der Waals surface area (Å²) in [6, 6.07) is 1.95. The number of halogens is 1. The summed E-state index contributed by atoms with van der Waals surface area (Å²) in [7, 11) is 5.88. The van der Waals surface area contributed by atoms with Crippen LogP contribution in [0.25, 0.3) is 10.9 Å². The molecule has 0 aliphatic carbocycles. The van der Waals surface area contributed by atoms with Crippen LogP contribution in [0, 0.1) is 19.7 Å². The molecule has 2 aliphatic heterocycles. The number of carbonyl (C=O) groups is 1. The lowest BCUT2D eigenvalue weighted by molar-refractivity contribution is 0.0123. The van der Waals surface area contributed by atoms with Crippen molar-refractivity contribution in [3.05, 3.63) is 23.3 Å². The van der Waals surface area contributed by atoms with Gasteiger partial charge in [-0.2, -0.15) is 0 Å². The third-order valence-electron chi connectivity index (χ3n) is 5.65. The molecular formula is C23H32BFN4O2. The molecule has 2 atom stereocenters. The van der Waals surface area contributed by atoms with Crippen molar-refractivity contribution in [3.8, 4) is 0 Å². The number of anilines is 1. The molecule has 2 unspecified atom stereocenters. The molecule has 2 aromatic rings. The van der Waals surface area contributed by atoms with E-state index in [0.717, 1.165) is 12.8 Å². The maximum absolute atomic E-state index is 14.8. The van der Waals surface area contributed by atoms with Gasteiger partial charge in [0.25, 0.3) is 0 Å². The summed E-state index contributed by atoms with van der Waals surface area (Å²) in [6.45, 7) is 14.4. The highest BCUT2D eigenvalue weighted by Crippen LogP contribution is 2.35. The van der Waals surface area contributed by atoms with Gasteiger partial charge in [0.05, 0.1) is 12.1 Å². The number of piperazine rings is 1. The first-order chi connectivity index (χ1) is 14.5. The minimum Gasteiger partial charge on any atom is -0.444 e. The maximum Gasteiger partial charge on any atom is 0.410 e. The topological polar surface area (TPSA) is 58.6 Å². The second-order valence-corrected chi connectivity index (χ2v) is 9.09. The van der Waals surface area contributed by atoms with Gasteiger partial charge in [0.2, 0.25) is 0 Å². The molecule has 2 aliphatic rings. The van der Waals surface area contributed by atoms with E-state index in [9.17, 15) is 9.18 Å². The van der Waals surface area contributed by atoms with Crippen molar-refractivity contribution < 1.29 is 13.9 Å². The Morgan fingerprint density at radius 2 is 1.74 bits per heavy atom.